The van der Waals surface area contributed by atoms with Crippen molar-refractivity contribution < 1.29 is 0 Å². The lowest BCUT2D eigenvalue weighted by Gasteiger charge is -2.38. The highest BCUT2D eigenvalue weighted by atomic mass is 14.5. The summed E-state index contributed by atoms with van der Waals surface area (Å²) in [5, 5.41) is 0. The second-order valence-corrected chi connectivity index (χ2v) is 8.74. The molecular weight excluding hydrogens is 228 g/mol. The fourth-order valence-corrected chi connectivity index (χ4v) is 6.16. The number of hydrogen-bond acceptors (Lipinski definition) is 0. The number of allylic oxidation sites excluding steroid dienone is 2. The minimum Gasteiger partial charge on any atom is -0.0676 e. The molecule has 2 fully saturated rings. The van der Waals surface area contributed by atoms with Crippen molar-refractivity contribution in [2.45, 2.75) is 91.9 Å². The van der Waals surface area contributed by atoms with Gasteiger partial charge >= 0.3 is 0 Å². The van der Waals surface area contributed by atoms with E-state index in [1.54, 1.807) is 0 Å². The van der Waals surface area contributed by atoms with Gasteiger partial charge in [0.1, 0.15) is 0 Å². The molecule has 0 nitrogen and oxygen atoms in total. The fraction of sp³-hybridized carbons (Fsp3) is 0.895. The summed E-state index contributed by atoms with van der Waals surface area (Å²) in [6, 6.07) is 0. The first-order chi connectivity index (χ1) is 8.89. The topological polar surface area (TPSA) is 0 Å². The van der Waals surface area contributed by atoms with E-state index in [-0.39, 0.29) is 0 Å². The molecule has 0 unspecified atom stereocenters. The van der Waals surface area contributed by atoms with Gasteiger partial charge in [-0.1, -0.05) is 50.7 Å². The van der Waals surface area contributed by atoms with Gasteiger partial charge in [-0.05, 0) is 68.6 Å². The largest absolute Gasteiger partial charge is 0.0676 e. The van der Waals surface area contributed by atoms with Gasteiger partial charge in [0, 0.05) is 0 Å². The molecule has 108 valence electrons. The van der Waals surface area contributed by atoms with E-state index in [4.69, 9.17) is 0 Å². The third-order valence-corrected chi connectivity index (χ3v) is 6.91. The summed E-state index contributed by atoms with van der Waals surface area (Å²) >= 11 is 0. The Morgan fingerprint density at radius 2 is 0.947 bits per heavy atom. The highest BCUT2D eigenvalue weighted by Crippen LogP contribution is 2.62. The van der Waals surface area contributed by atoms with E-state index < -0.39 is 0 Å². The molecule has 0 saturated heterocycles. The van der Waals surface area contributed by atoms with Crippen LogP contribution in [0.25, 0.3) is 0 Å². The molecule has 0 radical (unpaired) electrons. The van der Waals surface area contributed by atoms with Crippen molar-refractivity contribution in [2.24, 2.45) is 16.2 Å². The lowest BCUT2D eigenvalue weighted by molar-refractivity contribution is 0.149. The molecule has 2 spiro atoms. The van der Waals surface area contributed by atoms with Crippen LogP contribution in [0.5, 0.6) is 0 Å². The van der Waals surface area contributed by atoms with E-state index in [9.17, 15) is 0 Å². The van der Waals surface area contributed by atoms with Gasteiger partial charge in [-0.2, -0.15) is 0 Å². The molecule has 2 saturated carbocycles. The van der Waals surface area contributed by atoms with Crippen LogP contribution in [0.15, 0.2) is 11.1 Å². The molecule has 3 rings (SSSR count). The van der Waals surface area contributed by atoms with E-state index in [1.165, 1.54) is 64.2 Å². The van der Waals surface area contributed by atoms with Gasteiger partial charge in [0.05, 0.1) is 0 Å². The zero-order chi connectivity index (χ0) is 13.7. The van der Waals surface area contributed by atoms with Crippen LogP contribution in [-0.4, -0.2) is 0 Å². The van der Waals surface area contributed by atoms with Crippen molar-refractivity contribution in [2.75, 3.05) is 0 Å². The maximum Gasteiger partial charge on any atom is -0.00830 e. The summed E-state index contributed by atoms with van der Waals surface area (Å²) in [6.45, 7) is 10.1. The minimum absolute atomic E-state index is 0.535. The van der Waals surface area contributed by atoms with Crippen LogP contribution in [-0.2, 0) is 0 Å². The molecule has 3 aliphatic carbocycles. The molecule has 0 aromatic heterocycles. The van der Waals surface area contributed by atoms with E-state index in [2.05, 4.69) is 27.7 Å². The van der Waals surface area contributed by atoms with Gasteiger partial charge in [0.2, 0.25) is 0 Å². The Kier molecular flexibility index (Phi) is 3.15. The first-order valence-electron chi connectivity index (χ1n) is 8.58. The summed E-state index contributed by atoms with van der Waals surface area (Å²) in [5.41, 5.74) is 5.34. The van der Waals surface area contributed by atoms with Crippen molar-refractivity contribution in [3.8, 4) is 0 Å². The summed E-state index contributed by atoms with van der Waals surface area (Å²) in [6.07, 6.45) is 14.6. The monoisotopic (exact) mass is 260 g/mol. The highest BCUT2D eigenvalue weighted by Gasteiger charge is 2.50. The zero-order valence-electron chi connectivity index (χ0n) is 13.6. The van der Waals surface area contributed by atoms with Crippen LogP contribution in [0, 0.1) is 16.2 Å². The average molecular weight is 260 g/mol. The van der Waals surface area contributed by atoms with Crippen LogP contribution in [0.3, 0.4) is 0 Å². The molecule has 0 heteroatoms. The van der Waals surface area contributed by atoms with Gasteiger partial charge in [-0.3, -0.25) is 0 Å². The average Bonchev–Trinajstić information content (AvgIpc) is 2.95. The second-order valence-electron chi connectivity index (χ2n) is 8.74. The third kappa shape index (κ3) is 2.10. The normalized spacial score (nSPS) is 32.2. The summed E-state index contributed by atoms with van der Waals surface area (Å²) < 4.78 is 0. The maximum absolute atomic E-state index is 2.55. The molecule has 0 aromatic carbocycles. The lowest BCUT2D eigenvalue weighted by atomic mass is 9.67. The Bertz CT molecular complexity index is 348. The predicted octanol–water partition coefficient (Wildman–Crippen LogP) is 6.26. The lowest BCUT2D eigenvalue weighted by Crippen LogP contribution is -2.27. The molecular formula is C19H32. The predicted molar refractivity (Wildman–Crippen MR) is 83.2 cm³/mol. The van der Waals surface area contributed by atoms with Crippen molar-refractivity contribution in [3.63, 3.8) is 0 Å². The third-order valence-electron chi connectivity index (χ3n) is 6.91. The summed E-state index contributed by atoms with van der Waals surface area (Å²) in [4.78, 5) is 0. The Balaban J connectivity index is 2.08. The number of hydrogen-bond donors (Lipinski definition) is 0. The van der Waals surface area contributed by atoms with Crippen molar-refractivity contribution in [1.82, 2.24) is 0 Å². The van der Waals surface area contributed by atoms with Crippen LogP contribution in [0.2, 0.25) is 0 Å². The Hall–Kier alpha value is -0.260. The van der Waals surface area contributed by atoms with E-state index in [0.29, 0.717) is 16.2 Å². The molecule has 19 heavy (non-hydrogen) atoms. The van der Waals surface area contributed by atoms with Crippen LogP contribution >= 0.6 is 0 Å². The molecule has 0 bridgehead atoms. The smallest absolute Gasteiger partial charge is 0.00830 e. The molecule has 0 amide bonds. The second kappa shape index (κ2) is 4.37. The molecule has 0 aliphatic heterocycles. The van der Waals surface area contributed by atoms with Crippen molar-refractivity contribution in [3.05, 3.63) is 11.1 Å². The molecule has 0 heterocycles. The van der Waals surface area contributed by atoms with Gasteiger partial charge in [-0.25, -0.2) is 0 Å². The molecule has 0 N–H and O–H groups in total. The van der Waals surface area contributed by atoms with Crippen LogP contribution in [0.1, 0.15) is 91.9 Å². The minimum atomic E-state index is 0.535. The first-order valence-corrected chi connectivity index (χ1v) is 8.58. The van der Waals surface area contributed by atoms with Gasteiger partial charge in [-0.15, -0.1) is 0 Å². The molecule has 3 aliphatic rings. The van der Waals surface area contributed by atoms with Gasteiger partial charge < -0.3 is 0 Å². The summed E-state index contributed by atoms with van der Waals surface area (Å²) in [5.74, 6) is 0. The molecule has 0 atom stereocenters. The standard InChI is InChI=1S/C19H32/c1-15-16(2)19(11-7-8-12-19)14-17(3,4)13-18(15)9-5-6-10-18/h5-14H2,1-4H3. The van der Waals surface area contributed by atoms with E-state index in [1.807, 2.05) is 11.1 Å². The van der Waals surface area contributed by atoms with Crippen molar-refractivity contribution >= 4 is 0 Å². The van der Waals surface area contributed by atoms with Crippen LogP contribution in [0.4, 0.5) is 0 Å². The SMILES string of the molecule is CC1=C(C)C2(CCCC2)CC(C)(C)CC12CCCC2. The van der Waals surface area contributed by atoms with Crippen molar-refractivity contribution in [1.29, 1.82) is 0 Å². The highest BCUT2D eigenvalue weighted by molar-refractivity contribution is 5.30. The Labute approximate surface area is 120 Å². The van der Waals surface area contributed by atoms with Gasteiger partial charge in [0.15, 0.2) is 0 Å². The first kappa shape index (κ1) is 13.7. The van der Waals surface area contributed by atoms with Crippen LogP contribution < -0.4 is 0 Å². The Morgan fingerprint density at radius 1 is 0.632 bits per heavy atom. The number of rotatable bonds is 0. The fourth-order valence-electron chi connectivity index (χ4n) is 6.16. The summed E-state index contributed by atoms with van der Waals surface area (Å²) in [7, 11) is 0. The molecule has 0 aromatic rings. The maximum atomic E-state index is 2.55. The zero-order valence-corrected chi connectivity index (χ0v) is 13.6. The van der Waals surface area contributed by atoms with E-state index in [0.717, 1.165) is 0 Å². The van der Waals surface area contributed by atoms with Gasteiger partial charge in [0.25, 0.3) is 0 Å². The quantitative estimate of drug-likeness (QED) is 0.451. The van der Waals surface area contributed by atoms with E-state index >= 15 is 0 Å². The Morgan fingerprint density at radius 3 is 1.26 bits per heavy atom.